The number of hydrogen-bond acceptors (Lipinski definition) is 4. The molecule has 0 unspecified atom stereocenters. The SMILES string of the molecule is Cc1nn(CC(=O)Nc2ccc(Sc3ccc(Br)cc3)cc2)c(=O)c2ccccc12. The summed E-state index contributed by atoms with van der Waals surface area (Å²) in [5.74, 6) is -0.299. The summed E-state index contributed by atoms with van der Waals surface area (Å²) in [5, 5.41) is 8.48. The molecule has 1 N–H and O–H groups in total. The van der Waals surface area contributed by atoms with E-state index in [4.69, 9.17) is 0 Å². The van der Waals surface area contributed by atoms with Gasteiger partial charge < -0.3 is 5.32 Å². The minimum atomic E-state index is -0.299. The summed E-state index contributed by atoms with van der Waals surface area (Å²) in [7, 11) is 0. The maximum Gasteiger partial charge on any atom is 0.275 e. The third kappa shape index (κ3) is 4.63. The summed E-state index contributed by atoms with van der Waals surface area (Å²) in [4.78, 5) is 27.3. The molecule has 1 amide bonds. The first-order valence-corrected chi connectivity index (χ1v) is 10.9. The Balaban J connectivity index is 1.44. The molecule has 3 aromatic carbocycles. The van der Waals surface area contributed by atoms with Gasteiger partial charge in [-0.3, -0.25) is 9.59 Å². The average molecular weight is 480 g/mol. The second kappa shape index (κ2) is 8.85. The molecule has 4 rings (SSSR count). The number of rotatable bonds is 5. The van der Waals surface area contributed by atoms with Gasteiger partial charge in [-0.2, -0.15) is 5.10 Å². The minimum absolute atomic E-state index is 0.139. The van der Waals surface area contributed by atoms with E-state index in [1.165, 1.54) is 4.68 Å². The number of anilines is 1. The molecule has 150 valence electrons. The topological polar surface area (TPSA) is 64.0 Å². The van der Waals surface area contributed by atoms with Gasteiger partial charge in [0.15, 0.2) is 0 Å². The van der Waals surface area contributed by atoms with Crippen molar-refractivity contribution in [3.05, 3.63) is 93.3 Å². The number of benzene rings is 3. The van der Waals surface area contributed by atoms with Crippen LogP contribution in [0.1, 0.15) is 5.69 Å². The van der Waals surface area contributed by atoms with Crippen molar-refractivity contribution in [1.29, 1.82) is 0 Å². The smallest absolute Gasteiger partial charge is 0.275 e. The number of nitrogens with zero attached hydrogens (tertiary/aromatic N) is 2. The van der Waals surface area contributed by atoms with Gasteiger partial charge in [-0.25, -0.2) is 4.68 Å². The highest BCUT2D eigenvalue weighted by Crippen LogP contribution is 2.29. The van der Waals surface area contributed by atoms with Crippen LogP contribution >= 0.6 is 27.7 Å². The van der Waals surface area contributed by atoms with E-state index in [0.717, 1.165) is 19.6 Å². The van der Waals surface area contributed by atoms with Gasteiger partial charge in [0.2, 0.25) is 5.91 Å². The monoisotopic (exact) mass is 479 g/mol. The molecular weight excluding hydrogens is 462 g/mol. The van der Waals surface area contributed by atoms with E-state index in [2.05, 4.69) is 26.3 Å². The molecular formula is C23H18BrN3O2S. The number of fused-ring (bicyclic) bond motifs is 1. The fourth-order valence-electron chi connectivity index (χ4n) is 3.09. The summed E-state index contributed by atoms with van der Waals surface area (Å²) in [5.41, 5.74) is 1.12. The number of nitrogens with one attached hydrogen (secondary N) is 1. The molecule has 0 radical (unpaired) electrons. The highest BCUT2D eigenvalue weighted by Gasteiger charge is 2.11. The van der Waals surface area contributed by atoms with Crippen LogP contribution in [0.3, 0.4) is 0 Å². The van der Waals surface area contributed by atoms with Crippen LogP contribution in [-0.4, -0.2) is 15.7 Å². The van der Waals surface area contributed by atoms with Crippen LogP contribution in [0.2, 0.25) is 0 Å². The molecule has 1 heterocycles. The predicted molar refractivity (Wildman–Crippen MR) is 124 cm³/mol. The van der Waals surface area contributed by atoms with Crippen molar-refractivity contribution in [3.63, 3.8) is 0 Å². The van der Waals surface area contributed by atoms with Gasteiger partial charge in [0.1, 0.15) is 6.54 Å². The normalized spacial score (nSPS) is 10.9. The zero-order valence-corrected chi connectivity index (χ0v) is 18.5. The van der Waals surface area contributed by atoms with Gasteiger partial charge in [-0.1, -0.05) is 45.9 Å². The molecule has 0 saturated carbocycles. The van der Waals surface area contributed by atoms with E-state index in [0.29, 0.717) is 16.8 Å². The van der Waals surface area contributed by atoms with Crippen LogP contribution in [0, 0.1) is 6.92 Å². The van der Waals surface area contributed by atoms with E-state index in [9.17, 15) is 9.59 Å². The van der Waals surface area contributed by atoms with Gasteiger partial charge in [-0.05, 0) is 61.5 Å². The molecule has 1 aromatic heterocycles. The lowest BCUT2D eigenvalue weighted by Crippen LogP contribution is -2.30. The van der Waals surface area contributed by atoms with Crippen molar-refractivity contribution >= 4 is 50.1 Å². The van der Waals surface area contributed by atoms with Crippen LogP contribution in [0.25, 0.3) is 10.8 Å². The van der Waals surface area contributed by atoms with E-state index in [1.54, 1.807) is 23.9 Å². The summed E-state index contributed by atoms with van der Waals surface area (Å²) in [6, 6.07) is 23.0. The zero-order valence-electron chi connectivity index (χ0n) is 16.1. The van der Waals surface area contributed by atoms with Gasteiger partial charge in [0.25, 0.3) is 5.56 Å². The lowest BCUT2D eigenvalue weighted by molar-refractivity contribution is -0.117. The van der Waals surface area contributed by atoms with Gasteiger partial charge in [0, 0.05) is 25.3 Å². The molecule has 0 aliphatic carbocycles. The predicted octanol–water partition coefficient (Wildman–Crippen LogP) is 5.26. The fraction of sp³-hybridized carbons (Fsp3) is 0.0870. The molecule has 4 aromatic rings. The molecule has 0 aliphatic rings. The van der Waals surface area contributed by atoms with Crippen molar-refractivity contribution in [2.45, 2.75) is 23.3 Å². The van der Waals surface area contributed by atoms with Crippen LogP contribution in [0.15, 0.2) is 91.9 Å². The van der Waals surface area contributed by atoms with Crippen LogP contribution in [0.4, 0.5) is 5.69 Å². The number of amides is 1. The lowest BCUT2D eigenvalue weighted by atomic mass is 10.1. The molecule has 0 bridgehead atoms. The molecule has 0 saturated heterocycles. The highest BCUT2D eigenvalue weighted by atomic mass is 79.9. The molecule has 0 fully saturated rings. The number of aromatic nitrogens is 2. The second-order valence-corrected chi connectivity index (χ2v) is 8.78. The van der Waals surface area contributed by atoms with Crippen molar-refractivity contribution in [3.8, 4) is 0 Å². The van der Waals surface area contributed by atoms with E-state index in [1.807, 2.05) is 67.6 Å². The Morgan fingerprint density at radius 1 is 0.967 bits per heavy atom. The van der Waals surface area contributed by atoms with Gasteiger partial charge in [-0.15, -0.1) is 0 Å². The average Bonchev–Trinajstić information content (AvgIpc) is 2.75. The van der Waals surface area contributed by atoms with Crippen molar-refractivity contribution in [2.75, 3.05) is 5.32 Å². The molecule has 0 atom stereocenters. The molecule has 5 nitrogen and oxygen atoms in total. The molecule has 0 spiro atoms. The standard InChI is InChI=1S/C23H18BrN3O2S/c1-15-20-4-2-3-5-21(20)23(29)27(26-15)14-22(28)25-17-8-12-19(13-9-17)30-18-10-6-16(24)7-11-18/h2-13H,14H2,1H3,(H,25,28). The summed E-state index contributed by atoms with van der Waals surface area (Å²) in [6.45, 7) is 1.69. The number of halogens is 1. The summed E-state index contributed by atoms with van der Waals surface area (Å²) >= 11 is 5.07. The highest BCUT2D eigenvalue weighted by molar-refractivity contribution is 9.10. The Hall–Kier alpha value is -2.90. The quantitative estimate of drug-likeness (QED) is 0.424. The van der Waals surface area contributed by atoms with Crippen molar-refractivity contribution in [2.24, 2.45) is 0 Å². The number of carbonyl (C=O) groups is 1. The van der Waals surface area contributed by atoms with Gasteiger partial charge in [0.05, 0.1) is 11.1 Å². The Bertz CT molecular complexity index is 1270. The molecule has 0 aliphatic heterocycles. The first-order valence-electron chi connectivity index (χ1n) is 9.29. The Labute approximate surface area is 186 Å². The molecule has 7 heteroatoms. The maximum absolute atomic E-state index is 12.6. The molecule has 30 heavy (non-hydrogen) atoms. The fourth-order valence-corrected chi connectivity index (χ4v) is 4.17. The first-order chi connectivity index (χ1) is 14.5. The Kier molecular flexibility index (Phi) is 6.01. The third-order valence-corrected chi connectivity index (χ3v) is 6.08. The van der Waals surface area contributed by atoms with Gasteiger partial charge >= 0.3 is 0 Å². The first kappa shape index (κ1) is 20.4. The minimum Gasteiger partial charge on any atom is -0.324 e. The van der Waals surface area contributed by atoms with Crippen molar-refractivity contribution in [1.82, 2.24) is 9.78 Å². The summed E-state index contributed by atoms with van der Waals surface area (Å²) < 4.78 is 2.25. The number of carbonyl (C=O) groups excluding carboxylic acids is 1. The Morgan fingerprint density at radius 2 is 1.57 bits per heavy atom. The summed E-state index contributed by atoms with van der Waals surface area (Å²) in [6.07, 6.45) is 0. The van der Waals surface area contributed by atoms with E-state index < -0.39 is 0 Å². The number of hydrogen-bond donors (Lipinski definition) is 1. The van der Waals surface area contributed by atoms with Crippen LogP contribution < -0.4 is 10.9 Å². The van der Waals surface area contributed by atoms with Crippen LogP contribution in [-0.2, 0) is 11.3 Å². The third-order valence-electron chi connectivity index (χ3n) is 4.53. The zero-order chi connectivity index (χ0) is 21.1. The lowest BCUT2D eigenvalue weighted by Gasteiger charge is -2.10. The Morgan fingerprint density at radius 3 is 2.23 bits per heavy atom. The van der Waals surface area contributed by atoms with Crippen LogP contribution in [0.5, 0.6) is 0 Å². The van der Waals surface area contributed by atoms with E-state index in [-0.39, 0.29) is 18.0 Å². The number of aryl methyl sites for hydroxylation is 1. The largest absolute Gasteiger partial charge is 0.324 e. The van der Waals surface area contributed by atoms with Crippen molar-refractivity contribution < 1.29 is 4.79 Å². The second-order valence-electron chi connectivity index (χ2n) is 6.72. The maximum atomic E-state index is 12.6. The van der Waals surface area contributed by atoms with E-state index >= 15 is 0 Å².